The molecule has 4 rings (SSSR count). The Morgan fingerprint density at radius 1 is 1.10 bits per heavy atom. The summed E-state index contributed by atoms with van der Waals surface area (Å²) in [5, 5.41) is 0.339. The highest BCUT2D eigenvalue weighted by Gasteiger charge is 2.38. The van der Waals surface area contributed by atoms with Crippen LogP contribution in [0.5, 0.6) is 0 Å². The van der Waals surface area contributed by atoms with E-state index in [1.165, 1.54) is 6.33 Å². The van der Waals surface area contributed by atoms with Gasteiger partial charge in [0, 0.05) is 44.5 Å². The lowest BCUT2D eigenvalue weighted by Crippen LogP contribution is -2.53. The van der Waals surface area contributed by atoms with Crippen molar-refractivity contribution >= 4 is 22.5 Å². The van der Waals surface area contributed by atoms with E-state index in [0.717, 1.165) is 49.4 Å². The van der Waals surface area contributed by atoms with Crippen molar-refractivity contribution in [3.05, 3.63) is 34.9 Å². The van der Waals surface area contributed by atoms with Crippen LogP contribution in [-0.4, -0.2) is 76.5 Å². The number of aromatic nitrogens is 2. The molecule has 0 bridgehead atoms. The molecule has 1 atom stereocenters. The summed E-state index contributed by atoms with van der Waals surface area (Å²) < 4.78 is 26.2. The Morgan fingerprint density at radius 3 is 2.47 bits per heavy atom. The van der Waals surface area contributed by atoms with Crippen LogP contribution in [0.2, 0.25) is 0 Å². The molecule has 0 aliphatic carbocycles. The zero-order chi connectivity index (χ0) is 21.4. The molecule has 162 valence electrons. The van der Waals surface area contributed by atoms with Gasteiger partial charge >= 0.3 is 0 Å². The number of benzene rings is 1. The van der Waals surface area contributed by atoms with Crippen LogP contribution in [0.3, 0.4) is 0 Å². The highest BCUT2D eigenvalue weighted by atomic mass is 19.3. The number of nitrogens with zero attached hydrogens (tertiary/aromatic N) is 5. The summed E-state index contributed by atoms with van der Waals surface area (Å²) >= 11 is 0. The maximum Gasteiger partial charge on any atom is 0.261 e. The van der Waals surface area contributed by atoms with E-state index in [1.54, 1.807) is 6.07 Å². The summed E-state index contributed by atoms with van der Waals surface area (Å²) in [5.74, 6) is 0.230. The number of hydrogen-bond donors (Lipinski definition) is 0. The van der Waals surface area contributed by atoms with Gasteiger partial charge in [-0.1, -0.05) is 0 Å². The Morgan fingerprint density at radius 2 is 1.83 bits per heavy atom. The zero-order valence-electron chi connectivity index (χ0n) is 17.3. The van der Waals surface area contributed by atoms with Crippen LogP contribution in [0.25, 0.3) is 10.9 Å². The van der Waals surface area contributed by atoms with Crippen molar-refractivity contribution in [1.82, 2.24) is 19.4 Å². The molecule has 2 aromatic rings. The van der Waals surface area contributed by atoms with Crippen molar-refractivity contribution in [1.29, 1.82) is 0 Å². The summed E-state index contributed by atoms with van der Waals surface area (Å²) in [7, 11) is 0. The number of alkyl halides is 2. The lowest BCUT2D eigenvalue weighted by atomic mass is 10.1. The smallest absolute Gasteiger partial charge is 0.261 e. The molecule has 9 heteroatoms. The van der Waals surface area contributed by atoms with E-state index < -0.39 is 18.5 Å². The number of amides is 1. The molecule has 2 aliphatic rings. The second kappa shape index (κ2) is 8.29. The van der Waals surface area contributed by atoms with E-state index in [0.29, 0.717) is 10.9 Å². The predicted octanol–water partition coefficient (Wildman–Crippen LogP) is 1.79. The maximum atomic E-state index is 12.7. The number of carbonyl (C=O) groups excluding carboxylic acids is 1. The van der Waals surface area contributed by atoms with Crippen LogP contribution in [-0.2, 0) is 11.3 Å². The number of fused-ring (bicyclic) bond motifs is 1. The molecule has 7 nitrogen and oxygen atoms in total. The van der Waals surface area contributed by atoms with E-state index in [2.05, 4.69) is 14.8 Å². The second-order valence-corrected chi connectivity index (χ2v) is 8.25. The van der Waals surface area contributed by atoms with Crippen molar-refractivity contribution in [2.24, 2.45) is 0 Å². The Hall–Kier alpha value is -2.55. The normalized spacial score (nSPS) is 20.9. The first-order valence-electron chi connectivity index (χ1n) is 10.4. The molecule has 1 aromatic carbocycles. The third kappa shape index (κ3) is 3.90. The highest BCUT2D eigenvalue weighted by Crippen LogP contribution is 2.24. The average Bonchev–Trinajstić information content (AvgIpc) is 3.11. The van der Waals surface area contributed by atoms with Gasteiger partial charge < -0.3 is 9.80 Å². The lowest BCUT2D eigenvalue weighted by Gasteiger charge is -2.38. The molecule has 2 fully saturated rings. The third-order valence-corrected chi connectivity index (χ3v) is 6.10. The Kier molecular flexibility index (Phi) is 5.73. The SMILES string of the molecule is CC(C)N1CCC(N2CCN(c3ccc4c(=O)n(CC(F)F)cnc4c3)CC2)C1=O. The lowest BCUT2D eigenvalue weighted by molar-refractivity contribution is -0.133. The molecule has 1 unspecified atom stereocenters. The van der Waals surface area contributed by atoms with Gasteiger partial charge in [0.1, 0.15) is 0 Å². The molecule has 0 radical (unpaired) electrons. The molecule has 3 heterocycles. The molecule has 0 saturated carbocycles. The van der Waals surface area contributed by atoms with Gasteiger partial charge in [-0.3, -0.25) is 19.1 Å². The van der Waals surface area contributed by atoms with Gasteiger partial charge in [-0.2, -0.15) is 0 Å². The number of piperazine rings is 1. The van der Waals surface area contributed by atoms with Crippen LogP contribution < -0.4 is 10.5 Å². The molecule has 0 N–H and O–H groups in total. The van der Waals surface area contributed by atoms with E-state index in [1.807, 2.05) is 30.9 Å². The van der Waals surface area contributed by atoms with Crippen molar-refractivity contribution in [3.8, 4) is 0 Å². The van der Waals surface area contributed by atoms with Gasteiger partial charge in [0.25, 0.3) is 12.0 Å². The van der Waals surface area contributed by atoms with Crippen molar-refractivity contribution in [2.75, 3.05) is 37.6 Å². The summed E-state index contributed by atoms with van der Waals surface area (Å²) in [5.41, 5.74) is 0.998. The molecule has 2 saturated heterocycles. The van der Waals surface area contributed by atoms with Gasteiger partial charge in [-0.25, -0.2) is 13.8 Å². The molecular formula is C21H27F2N5O2. The Bertz CT molecular complexity index is 985. The second-order valence-electron chi connectivity index (χ2n) is 8.25. The first-order valence-corrected chi connectivity index (χ1v) is 10.4. The third-order valence-electron chi connectivity index (χ3n) is 6.10. The average molecular weight is 419 g/mol. The van der Waals surface area contributed by atoms with Crippen LogP contribution in [0.4, 0.5) is 14.5 Å². The first kappa shape index (κ1) is 20.7. The fourth-order valence-corrected chi connectivity index (χ4v) is 4.45. The van der Waals surface area contributed by atoms with Gasteiger partial charge in [0.2, 0.25) is 5.91 Å². The van der Waals surface area contributed by atoms with Crippen LogP contribution in [0.1, 0.15) is 20.3 Å². The fraction of sp³-hybridized carbons (Fsp3) is 0.571. The number of likely N-dealkylation sites (tertiary alicyclic amines) is 1. The Labute approximate surface area is 173 Å². The van der Waals surface area contributed by atoms with E-state index >= 15 is 0 Å². The fourth-order valence-electron chi connectivity index (χ4n) is 4.45. The molecule has 1 amide bonds. The van der Waals surface area contributed by atoms with E-state index in [-0.39, 0.29) is 18.0 Å². The van der Waals surface area contributed by atoms with Crippen LogP contribution >= 0.6 is 0 Å². The minimum absolute atomic E-state index is 0.0267. The maximum absolute atomic E-state index is 12.7. The van der Waals surface area contributed by atoms with Crippen LogP contribution in [0, 0.1) is 0 Å². The summed E-state index contributed by atoms with van der Waals surface area (Å²) in [4.78, 5) is 35.7. The van der Waals surface area contributed by atoms with Gasteiger partial charge in [0.15, 0.2) is 0 Å². The summed E-state index contributed by atoms with van der Waals surface area (Å²) in [6, 6.07) is 5.55. The van der Waals surface area contributed by atoms with E-state index in [9.17, 15) is 18.4 Å². The standard InChI is InChI=1S/C21H27F2N5O2/c1-14(2)28-6-5-18(21(28)30)26-9-7-25(8-10-26)15-3-4-16-17(11-15)24-13-27(20(16)29)12-19(22)23/h3-4,11,13-14,18-19H,5-10,12H2,1-2H3. The van der Waals surface area contributed by atoms with Gasteiger partial charge in [-0.05, 0) is 38.5 Å². The molecule has 0 spiro atoms. The largest absolute Gasteiger partial charge is 0.369 e. The van der Waals surface area contributed by atoms with Gasteiger partial charge in [-0.15, -0.1) is 0 Å². The summed E-state index contributed by atoms with van der Waals surface area (Å²) in [6.45, 7) is 7.41. The molecule has 30 heavy (non-hydrogen) atoms. The molecular weight excluding hydrogens is 392 g/mol. The number of halogens is 2. The quantitative estimate of drug-likeness (QED) is 0.740. The number of carbonyl (C=O) groups is 1. The van der Waals surface area contributed by atoms with Crippen LogP contribution in [0.15, 0.2) is 29.3 Å². The molecule has 1 aromatic heterocycles. The number of anilines is 1. The first-order chi connectivity index (χ1) is 14.3. The summed E-state index contributed by atoms with van der Waals surface area (Å²) in [6.07, 6.45) is -0.538. The van der Waals surface area contributed by atoms with Crippen molar-refractivity contribution in [3.63, 3.8) is 0 Å². The predicted molar refractivity (Wildman–Crippen MR) is 111 cm³/mol. The zero-order valence-corrected chi connectivity index (χ0v) is 17.3. The monoisotopic (exact) mass is 419 g/mol. The minimum atomic E-state index is -2.60. The highest BCUT2D eigenvalue weighted by molar-refractivity contribution is 5.84. The Balaban J connectivity index is 1.45. The van der Waals surface area contributed by atoms with Gasteiger partial charge in [0.05, 0.1) is 29.8 Å². The van der Waals surface area contributed by atoms with Crippen molar-refractivity contribution in [2.45, 2.75) is 45.3 Å². The van der Waals surface area contributed by atoms with E-state index in [4.69, 9.17) is 0 Å². The number of hydrogen-bond acceptors (Lipinski definition) is 5. The number of rotatable bonds is 5. The molecule has 2 aliphatic heterocycles. The van der Waals surface area contributed by atoms with Crippen molar-refractivity contribution < 1.29 is 13.6 Å². The minimum Gasteiger partial charge on any atom is -0.369 e. The topological polar surface area (TPSA) is 61.7 Å².